The first-order valence-electron chi connectivity index (χ1n) is 18.2. The lowest BCUT2D eigenvalue weighted by molar-refractivity contribution is -0.140. The monoisotopic (exact) mass is 699 g/mol. The minimum absolute atomic E-state index is 0.0161. The Hall–Kier alpha value is -6.07. The van der Waals surface area contributed by atoms with Crippen LogP contribution < -0.4 is 5.32 Å². The Morgan fingerprint density at radius 1 is 0.943 bits per heavy atom. The zero-order valence-corrected chi connectivity index (χ0v) is 30.9. The van der Waals surface area contributed by atoms with Gasteiger partial charge in [0.1, 0.15) is 5.76 Å². The van der Waals surface area contributed by atoms with Gasteiger partial charge < -0.3 is 15.2 Å². The second-order valence-electron chi connectivity index (χ2n) is 14.2. The highest BCUT2D eigenvalue weighted by atomic mass is 16.5. The molecule has 0 saturated carbocycles. The number of ether oxygens (including phenoxy) is 1. The summed E-state index contributed by atoms with van der Waals surface area (Å²) >= 11 is 0. The molecule has 1 saturated heterocycles. The van der Waals surface area contributed by atoms with Crippen LogP contribution in [0.2, 0.25) is 0 Å². The Balaban J connectivity index is 1.27. The molecule has 1 aliphatic carbocycles. The van der Waals surface area contributed by atoms with Crippen LogP contribution in [-0.2, 0) is 9.53 Å². The highest BCUT2D eigenvalue weighted by Gasteiger charge is 2.41. The third-order valence-corrected chi connectivity index (χ3v) is 11.2. The van der Waals surface area contributed by atoms with Crippen LogP contribution in [-0.4, -0.2) is 40.3 Å². The van der Waals surface area contributed by atoms with Crippen LogP contribution in [0.1, 0.15) is 65.9 Å². The van der Waals surface area contributed by atoms with Crippen LogP contribution in [0.5, 0.6) is 0 Å². The molecule has 2 atom stereocenters. The number of aromatic nitrogens is 1. The summed E-state index contributed by atoms with van der Waals surface area (Å²) in [5.74, 6) is 6.98. The predicted molar refractivity (Wildman–Crippen MR) is 210 cm³/mol. The molecule has 0 unspecified atom stereocenters. The average Bonchev–Trinajstić information content (AvgIpc) is 3.92. The number of methoxy groups -OCH3 is 1. The summed E-state index contributed by atoms with van der Waals surface area (Å²) in [6.07, 6.45) is 11.9. The number of nitrogens with one attached hydrogen (secondary N) is 1. The molecule has 8 rings (SSSR count). The number of aliphatic hydroxyl groups is 1. The van der Waals surface area contributed by atoms with E-state index < -0.39 is 0 Å². The number of rotatable bonds is 5. The van der Waals surface area contributed by atoms with Crippen LogP contribution in [0.4, 0.5) is 0 Å². The largest absolute Gasteiger partial charge is 0.511 e. The Morgan fingerprint density at radius 3 is 2.45 bits per heavy atom. The smallest absolute Gasteiger partial charge is 0.305 e. The Labute approximate surface area is 310 Å². The van der Waals surface area contributed by atoms with E-state index in [4.69, 9.17) is 19.7 Å². The van der Waals surface area contributed by atoms with Crippen molar-refractivity contribution in [2.45, 2.75) is 60.3 Å². The first-order chi connectivity index (χ1) is 25.6. The molecule has 2 N–H and O–H groups in total. The van der Waals surface area contributed by atoms with E-state index in [1.54, 1.807) is 6.20 Å². The zero-order valence-electron chi connectivity index (χ0n) is 30.9. The molecule has 5 aliphatic heterocycles. The first-order valence-corrected chi connectivity index (χ1v) is 18.2. The summed E-state index contributed by atoms with van der Waals surface area (Å²) in [6, 6.07) is 12.2. The number of carbonyl (C=O) groups is 1. The minimum Gasteiger partial charge on any atom is -0.511 e. The van der Waals surface area contributed by atoms with E-state index in [0.29, 0.717) is 18.6 Å². The number of carbonyl (C=O) groups excluding carboxylic acids is 1. The predicted octanol–water partition coefficient (Wildman–Crippen LogP) is 8.72. The minimum atomic E-state index is -0.245. The molecule has 1 fully saturated rings. The lowest BCUT2D eigenvalue weighted by atomic mass is 9.86. The fraction of sp³-hybridized carbons (Fsp3) is 0.267. The number of allylic oxidation sites excluding steroid dienone is 12. The molecule has 0 amide bonds. The molecule has 6 aliphatic rings. The number of nitrogens with zero attached hydrogens (tertiary/aromatic N) is 4. The SMILES string of the molecule is CCC1=C(C)C2=NC1=CC1=C(C)C3=C(O)CC(=C4NC(=CC5=NC(=C2)C(C#Cc2ccc(-c6cccnc6)cc2)=C5C)[C@@H](C)[C@@H]4CCC(=O)OC)C3=N1. The molecule has 6 heterocycles. The van der Waals surface area contributed by atoms with Crippen LogP contribution in [0.3, 0.4) is 0 Å². The molecule has 0 radical (unpaired) electrons. The molecule has 1 aromatic carbocycles. The van der Waals surface area contributed by atoms with Crippen molar-refractivity contribution in [3.8, 4) is 23.0 Å². The second kappa shape index (κ2) is 13.5. The van der Waals surface area contributed by atoms with Gasteiger partial charge in [0.15, 0.2) is 0 Å². The van der Waals surface area contributed by atoms with Crippen molar-refractivity contribution in [1.82, 2.24) is 10.3 Å². The van der Waals surface area contributed by atoms with Gasteiger partial charge in [-0.25, -0.2) is 15.0 Å². The topological polar surface area (TPSA) is 109 Å². The van der Waals surface area contributed by atoms with E-state index >= 15 is 0 Å². The molecule has 8 heteroatoms. The maximum Gasteiger partial charge on any atom is 0.305 e. The van der Waals surface area contributed by atoms with Gasteiger partial charge in [0.25, 0.3) is 0 Å². The summed E-state index contributed by atoms with van der Waals surface area (Å²) < 4.78 is 5.03. The van der Waals surface area contributed by atoms with Gasteiger partial charge in [-0.3, -0.25) is 9.78 Å². The Morgan fingerprint density at radius 2 is 1.72 bits per heavy atom. The highest BCUT2D eigenvalue weighted by molar-refractivity contribution is 6.21. The third kappa shape index (κ3) is 5.96. The molecular weight excluding hydrogens is 659 g/mol. The number of aliphatic hydroxyl groups excluding tert-OH is 1. The van der Waals surface area contributed by atoms with E-state index in [1.807, 2.05) is 43.5 Å². The molecule has 53 heavy (non-hydrogen) atoms. The van der Waals surface area contributed by atoms with Gasteiger partial charge in [0, 0.05) is 65.2 Å². The molecule has 8 bridgehead atoms. The van der Waals surface area contributed by atoms with Crippen molar-refractivity contribution in [2.24, 2.45) is 26.8 Å². The maximum atomic E-state index is 12.4. The molecule has 2 aromatic rings. The van der Waals surface area contributed by atoms with Gasteiger partial charge in [-0.15, -0.1) is 0 Å². The zero-order chi connectivity index (χ0) is 37.0. The van der Waals surface area contributed by atoms with Crippen LogP contribution in [0.25, 0.3) is 11.1 Å². The maximum absolute atomic E-state index is 12.4. The van der Waals surface area contributed by atoms with Crippen LogP contribution >= 0.6 is 0 Å². The fourth-order valence-electron chi connectivity index (χ4n) is 8.05. The van der Waals surface area contributed by atoms with Crippen molar-refractivity contribution in [1.29, 1.82) is 0 Å². The second-order valence-corrected chi connectivity index (χ2v) is 14.2. The number of benzene rings is 1. The van der Waals surface area contributed by atoms with Crippen molar-refractivity contribution >= 4 is 23.1 Å². The van der Waals surface area contributed by atoms with Gasteiger partial charge in [-0.2, -0.15) is 0 Å². The summed E-state index contributed by atoms with van der Waals surface area (Å²) in [5, 5.41) is 15.1. The number of hydrogen-bond acceptors (Lipinski definition) is 8. The summed E-state index contributed by atoms with van der Waals surface area (Å²) in [7, 11) is 1.42. The lowest BCUT2D eigenvalue weighted by Gasteiger charge is -2.17. The first kappa shape index (κ1) is 34.0. The van der Waals surface area contributed by atoms with Gasteiger partial charge in [-0.1, -0.05) is 43.9 Å². The summed E-state index contributed by atoms with van der Waals surface area (Å²) in [4.78, 5) is 32.1. The van der Waals surface area contributed by atoms with Crippen molar-refractivity contribution < 1.29 is 14.6 Å². The molecular formula is C45H41N5O3. The summed E-state index contributed by atoms with van der Waals surface area (Å²) in [5.41, 5.74) is 16.7. The van der Waals surface area contributed by atoms with Crippen molar-refractivity contribution in [2.75, 3.05) is 7.11 Å². The van der Waals surface area contributed by atoms with Gasteiger partial charge in [0.2, 0.25) is 0 Å². The quantitative estimate of drug-likeness (QED) is 0.240. The van der Waals surface area contributed by atoms with E-state index in [9.17, 15) is 9.90 Å². The van der Waals surface area contributed by atoms with E-state index in [1.165, 1.54) is 7.11 Å². The average molecular weight is 700 g/mol. The van der Waals surface area contributed by atoms with Crippen LogP contribution in [0.15, 0.2) is 155 Å². The van der Waals surface area contributed by atoms with E-state index in [-0.39, 0.29) is 24.2 Å². The molecule has 8 nitrogen and oxygen atoms in total. The van der Waals surface area contributed by atoms with Gasteiger partial charge >= 0.3 is 5.97 Å². The lowest BCUT2D eigenvalue weighted by Crippen LogP contribution is -2.16. The van der Waals surface area contributed by atoms with Crippen molar-refractivity contribution in [3.05, 3.63) is 146 Å². The Kier molecular flexibility index (Phi) is 8.66. The van der Waals surface area contributed by atoms with Crippen LogP contribution in [0, 0.1) is 23.7 Å². The van der Waals surface area contributed by atoms with E-state index in [2.05, 4.69) is 74.1 Å². The fourth-order valence-corrected chi connectivity index (χ4v) is 8.05. The molecule has 1 aromatic heterocycles. The normalized spacial score (nSPS) is 21.6. The van der Waals surface area contributed by atoms with Gasteiger partial charge in [0.05, 0.1) is 46.9 Å². The van der Waals surface area contributed by atoms with E-state index in [0.717, 1.165) is 108 Å². The van der Waals surface area contributed by atoms with Crippen molar-refractivity contribution in [3.63, 3.8) is 0 Å². The molecule has 264 valence electrons. The highest BCUT2D eigenvalue weighted by Crippen LogP contribution is 2.46. The standard InChI is InChI=1S/C45H41N5O3/c1-7-31-24(2)36-21-40-32(15-12-28-10-13-29(14-11-28)30-9-8-18-46-23-30)25(3)35(48-40)20-37-26(4)33(16-17-42(52)53-6)44(49-37)34-19-41(51)43-27(5)38(50-45(34)43)22-39(31)47-36/h8-11,13-14,18,20-23,26,33,49,51H,7,16-17,19H2,1-6H3/t26-,33-/m0/s1. The number of aliphatic imine (C=N–C) groups is 3. The number of fused-ring (bicyclic) bond motifs is 5. The summed E-state index contributed by atoms with van der Waals surface area (Å²) in [6.45, 7) is 10.5. The number of pyridine rings is 1. The third-order valence-electron chi connectivity index (χ3n) is 11.2. The van der Waals surface area contributed by atoms with Gasteiger partial charge in [-0.05, 0) is 103 Å². The number of esters is 1. The Bertz CT molecular complexity index is 2410. The number of hydrogen-bond donors (Lipinski definition) is 2. The molecule has 0 spiro atoms.